The lowest BCUT2D eigenvalue weighted by Crippen LogP contribution is -2.04. The van der Waals surface area contributed by atoms with E-state index in [1.165, 1.54) is 16.3 Å². The molecule has 256 valence electrons. The van der Waals surface area contributed by atoms with E-state index in [0.29, 0.717) is 5.95 Å². The Hall–Kier alpha value is -7.50. The van der Waals surface area contributed by atoms with Crippen LogP contribution < -0.4 is 0 Å². The van der Waals surface area contributed by atoms with Crippen molar-refractivity contribution < 1.29 is 4.42 Å². The first-order chi connectivity index (χ1) is 27.3. The number of furan rings is 1. The standard InChI is InChI=1S/C50H30N4O/c1-3-15-31(16-4-1)47-37-21-7-11-23-41(37)51-50(52-47)54-43-25-13-9-22-38(43)46-48(54)39(30-40-36-20-10-14-26-45(36)55-49(40)46)32-27-28-35-34-19-8-12-24-42(34)53(44(35)29-32)33-17-5-2-6-18-33/h1-30H. The van der Waals surface area contributed by atoms with Crippen molar-refractivity contribution in [2.75, 3.05) is 0 Å². The number of benzene rings is 8. The summed E-state index contributed by atoms with van der Waals surface area (Å²) in [4.78, 5) is 10.7. The Balaban J connectivity index is 1.26. The zero-order valence-corrected chi connectivity index (χ0v) is 29.5. The van der Waals surface area contributed by atoms with E-state index < -0.39 is 0 Å². The highest BCUT2D eigenvalue weighted by Crippen LogP contribution is 2.46. The Bertz CT molecular complexity index is 3480. The van der Waals surface area contributed by atoms with E-state index in [2.05, 4.69) is 173 Å². The maximum absolute atomic E-state index is 6.81. The third-order valence-corrected chi connectivity index (χ3v) is 11.1. The number of rotatable bonds is 4. The minimum Gasteiger partial charge on any atom is -0.455 e. The van der Waals surface area contributed by atoms with Gasteiger partial charge in [0.05, 0.1) is 38.7 Å². The molecular weight excluding hydrogens is 673 g/mol. The lowest BCUT2D eigenvalue weighted by atomic mass is 9.97. The molecule has 0 amide bonds. The van der Waals surface area contributed by atoms with Gasteiger partial charge in [0.15, 0.2) is 0 Å². The van der Waals surface area contributed by atoms with Crippen molar-refractivity contribution >= 4 is 76.5 Å². The van der Waals surface area contributed by atoms with Crippen LogP contribution >= 0.6 is 0 Å². The highest BCUT2D eigenvalue weighted by molar-refractivity contribution is 6.27. The molecule has 0 aliphatic rings. The number of fused-ring (bicyclic) bond motifs is 11. The zero-order valence-electron chi connectivity index (χ0n) is 29.5. The van der Waals surface area contributed by atoms with Crippen molar-refractivity contribution in [3.8, 4) is 34.0 Å². The third kappa shape index (κ3) is 4.35. The fraction of sp³-hybridized carbons (Fsp3) is 0. The van der Waals surface area contributed by atoms with Crippen LogP contribution in [0.3, 0.4) is 0 Å². The van der Waals surface area contributed by atoms with Gasteiger partial charge in [0, 0.05) is 49.1 Å². The average Bonchev–Trinajstić information content (AvgIpc) is 3.91. The number of para-hydroxylation sites is 5. The summed E-state index contributed by atoms with van der Waals surface area (Å²) in [5, 5.41) is 7.74. The largest absolute Gasteiger partial charge is 0.455 e. The van der Waals surface area contributed by atoms with Gasteiger partial charge in [-0.05, 0) is 54.1 Å². The van der Waals surface area contributed by atoms with Crippen molar-refractivity contribution in [2.45, 2.75) is 0 Å². The highest BCUT2D eigenvalue weighted by atomic mass is 16.3. The minimum absolute atomic E-state index is 0.611. The van der Waals surface area contributed by atoms with Crippen molar-refractivity contribution in [3.05, 3.63) is 182 Å². The van der Waals surface area contributed by atoms with Crippen LogP contribution in [0, 0.1) is 0 Å². The molecule has 8 aromatic carbocycles. The Morgan fingerprint density at radius 2 is 1.05 bits per heavy atom. The maximum atomic E-state index is 6.81. The van der Waals surface area contributed by atoms with Crippen molar-refractivity contribution in [1.82, 2.24) is 19.1 Å². The molecule has 12 aromatic rings. The summed E-state index contributed by atoms with van der Waals surface area (Å²) in [7, 11) is 0. The SMILES string of the molecule is c1ccc(-c2nc(-n3c4ccccc4c4c5oc6ccccc6c5cc(-c5ccc6c7ccccc7n(-c7ccccc7)c6c5)c43)nc3ccccc23)cc1. The molecule has 5 heteroatoms. The molecule has 0 N–H and O–H groups in total. The molecule has 0 fully saturated rings. The van der Waals surface area contributed by atoms with Crippen LogP contribution in [0.4, 0.5) is 0 Å². The smallest absolute Gasteiger partial charge is 0.235 e. The van der Waals surface area contributed by atoms with E-state index in [9.17, 15) is 0 Å². The van der Waals surface area contributed by atoms with Gasteiger partial charge in [0.25, 0.3) is 0 Å². The van der Waals surface area contributed by atoms with Gasteiger partial charge in [-0.3, -0.25) is 4.57 Å². The number of aromatic nitrogens is 4. The second-order valence-corrected chi connectivity index (χ2v) is 14.2. The predicted molar refractivity (Wildman–Crippen MR) is 226 cm³/mol. The molecule has 0 aliphatic heterocycles. The van der Waals surface area contributed by atoms with Crippen LogP contribution in [0.1, 0.15) is 0 Å². The molecule has 0 aliphatic carbocycles. The molecule has 0 saturated carbocycles. The van der Waals surface area contributed by atoms with Gasteiger partial charge in [0.1, 0.15) is 11.2 Å². The van der Waals surface area contributed by atoms with Crippen LogP contribution in [0.25, 0.3) is 110 Å². The minimum atomic E-state index is 0.611. The van der Waals surface area contributed by atoms with Gasteiger partial charge in [-0.2, -0.15) is 0 Å². The van der Waals surface area contributed by atoms with E-state index in [4.69, 9.17) is 14.4 Å². The first-order valence-electron chi connectivity index (χ1n) is 18.6. The first-order valence-corrected chi connectivity index (χ1v) is 18.6. The molecule has 0 atom stereocenters. The highest BCUT2D eigenvalue weighted by Gasteiger charge is 2.25. The Morgan fingerprint density at radius 1 is 0.418 bits per heavy atom. The number of hydrogen-bond donors (Lipinski definition) is 0. The summed E-state index contributed by atoms with van der Waals surface area (Å²) in [5.74, 6) is 0.611. The molecule has 0 radical (unpaired) electrons. The molecule has 4 heterocycles. The van der Waals surface area contributed by atoms with E-state index in [1.54, 1.807) is 0 Å². The summed E-state index contributed by atoms with van der Waals surface area (Å²) >= 11 is 0. The Labute approximate surface area is 315 Å². The second-order valence-electron chi connectivity index (χ2n) is 14.2. The van der Waals surface area contributed by atoms with E-state index in [-0.39, 0.29) is 0 Å². The fourth-order valence-corrected chi connectivity index (χ4v) is 8.73. The molecule has 0 unspecified atom stereocenters. The van der Waals surface area contributed by atoms with Gasteiger partial charge in [-0.15, -0.1) is 0 Å². The summed E-state index contributed by atoms with van der Waals surface area (Å²) in [6.45, 7) is 0. The van der Waals surface area contributed by atoms with Gasteiger partial charge in [0.2, 0.25) is 5.95 Å². The monoisotopic (exact) mass is 702 g/mol. The third-order valence-electron chi connectivity index (χ3n) is 11.1. The number of nitrogens with zero attached hydrogens (tertiary/aromatic N) is 4. The maximum Gasteiger partial charge on any atom is 0.235 e. The predicted octanol–water partition coefficient (Wildman–Crippen LogP) is 13.1. The fourth-order valence-electron chi connectivity index (χ4n) is 8.73. The molecule has 0 spiro atoms. The molecule has 55 heavy (non-hydrogen) atoms. The van der Waals surface area contributed by atoms with E-state index in [1.807, 2.05) is 18.2 Å². The van der Waals surface area contributed by atoms with Crippen LogP contribution in [0.5, 0.6) is 0 Å². The van der Waals surface area contributed by atoms with Crippen LogP contribution in [0.15, 0.2) is 186 Å². The van der Waals surface area contributed by atoms with Crippen LogP contribution in [-0.4, -0.2) is 19.1 Å². The molecule has 0 bridgehead atoms. The van der Waals surface area contributed by atoms with E-state index >= 15 is 0 Å². The average molecular weight is 703 g/mol. The van der Waals surface area contributed by atoms with Crippen LogP contribution in [0.2, 0.25) is 0 Å². The summed E-state index contributed by atoms with van der Waals surface area (Å²) in [6, 6.07) is 64.1. The van der Waals surface area contributed by atoms with Gasteiger partial charge in [-0.25, -0.2) is 9.97 Å². The molecule has 4 aromatic heterocycles. The summed E-state index contributed by atoms with van der Waals surface area (Å²) in [6.07, 6.45) is 0. The van der Waals surface area contributed by atoms with Crippen molar-refractivity contribution in [2.24, 2.45) is 0 Å². The zero-order chi connectivity index (χ0) is 36.0. The normalized spacial score (nSPS) is 12.0. The Kier molecular flexibility index (Phi) is 6.27. The number of hydrogen-bond acceptors (Lipinski definition) is 3. The summed E-state index contributed by atoms with van der Waals surface area (Å²) < 4.78 is 11.4. The lowest BCUT2D eigenvalue weighted by molar-refractivity contribution is 0.673. The van der Waals surface area contributed by atoms with Gasteiger partial charge >= 0.3 is 0 Å². The van der Waals surface area contributed by atoms with Gasteiger partial charge < -0.3 is 8.98 Å². The first kappa shape index (κ1) is 30.0. The van der Waals surface area contributed by atoms with Crippen LogP contribution in [-0.2, 0) is 0 Å². The van der Waals surface area contributed by atoms with Crippen molar-refractivity contribution in [1.29, 1.82) is 0 Å². The quantitative estimate of drug-likeness (QED) is 0.183. The molecular formula is C50H30N4O. The molecule has 0 saturated heterocycles. The van der Waals surface area contributed by atoms with Gasteiger partial charge in [-0.1, -0.05) is 133 Å². The topological polar surface area (TPSA) is 48.8 Å². The Morgan fingerprint density at radius 3 is 1.87 bits per heavy atom. The van der Waals surface area contributed by atoms with E-state index in [0.717, 1.165) is 88.2 Å². The molecule has 12 rings (SSSR count). The van der Waals surface area contributed by atoms with Crippen molar-refractivity contribution in [3.63, 3.8) is 0 Å². The second kappa shape index (κ2) is 11.5. The summed E-state index contributed by atoms with van der Waals surface area (Å²) in [5.41, 5.74) is 12.2. The lowest BCUT2D eigenvalue weighted by Gasteiger charge is -2.14. The molecule has 5 nitrogen and oxygen atoms in total.